The molecular weight excluding hydrogens is 280 g/mol. The molecule has 0 amide bonds. The Kier molecular flexibility index (Phi) is 4.14. The van der Waals surface area contributed by atoms with E-state index in [0.717, 1.165) is 17.2 Å². The van der Waals surface area contributed by atoms with Gasteiger partial charge in [0.25, 0.3) is 5.78 Å². The monoisotopic (exact) mass is 292 g/mol. The highest BCUT2D eigenvalue weighted by Gasteiger charge is 2.18. The molecule has 0 unspecified atom stereocenters. The van der Waals surface area contributed by atoms with Crippen LogP contribution in [0.5, 0.6) is 0 Å². The fourth-order valence-electron chi connectivity index (χ4n) is 1.69. The Morgan fingerprint density at radius 3 is 2.60 bits per heavy atom. The van der Waals surface area contributed by atoms with Crippen LogP contribution in [0.25, 0.3) is 10.1 Å². The maximum absolute atomic E-state index is 11.7. The molecule has 0 bridgehead atoms. The van der Waals surface area contributed by atoms with Crippen molar-refractivity contribution in [2.75, 3.05) is 13.7 Å². The van der Waals surface area contributed by atoms with Crippen LogP contribution in [0, 0.1) is 0 Å². The van der Waals surface area contributed by atoms with Crippen molar-refractivity contribution in [3.63, 3.8) is 0 Å². The summed E-state index contributed by atoms with van der Waals surface area (Å²) >= 11 is 1.22. The lowest BCUT2D eigenvalue weighted by Gasteiger charge is -1.98. The lowest BCUT2D eigenvalue weighted by Crippen LogP contribution is -2.15. The van der Waals surface area contributed by atoms with E-state index in [1.165, 1.54) is 17.4 Å². The third-order valence-electron chi connectivity index (χ3n) is 2.63. The highest BCUT2D eigenvalue weighted by Crippen LogP contribution is 2.27. The number of methoxy groups -OCH3 is 1. The van der Waals surface area contributed by atoms with Crippen LogP contribution in [0.1, 0.15) is 27.0 Å². The lowest BCUT2D eigenvalue weighted by molar-refractivity contribution is -0.135. The van der Waals surface area contributed by atoms with Gasteiger partial charge in [0, 0.05) is 10.3 Å². The summed E-state index contributed by atoms with van der Waals surface area (Å²) in [5, 5.41) is 0.819. The van der Waals surface area contributed by atoms with Gasteiger partial charge in [-0.2, -0.15) is 0 Å². The molecule has 0 saturated heterocycles. The maximum atomic E-state index is 11.7. The first-order valence-electron chi connectivity index (χ1n) is 5.90. The van der Waals surface area contributed by atoms with Gasteiger partial charge in [-0.1, -0.05) is 12.1 Å². The van der Waals surface area contributed by atoms with Crippen LogP contribution in [0.3, 0.4) is 0 Å². The lowest BCUT2D eigenvalue weighted by atomic mass is 10.1. The highest BCUT2D eigenvalue weighted by molar-refractivity contribution is 7.20. The average molecular weight is 292 g/mol. The number of carbonyl (C=O) groups excluding carboxylic acids is 3. The summed E-state index contributed by atoms with van der Waals surface area (Å²) < 4.78 is 10.1. The minimum atomic E-state index is -0.911. The van der Waals surface area contributed by atoms with Gasteiger partial charge in [0.1, 0.15) is 4.88 Å². The number of hydrogen-bond acceptors (Lipinski definition) is 6. The molecule has 1 heterocycles. The van der Waals surface area contributed by atoms with Crippen molar-refractivity contribution in [1.29, 1.82) is 0 Å². The standard InChI is InChI=1S/C14H12O5S/c1-3-19-13(16)11-6-8-4-5-9(7-10(8)20-11)12(15)14(17)18-2/h4-7H,3H2,1-2H3. The number of thiophene rings is 1. The van der Waals surface area contributed by atoms with Crippen LogP contribution >= 0.6 is 11.3 Å². The van der Waals surface area contributed by atoms with Gasteiger partial charge in [-0.05, 0) is 24.4 Å². The van der Waals surface area contributed by atoms with Gasteiger partial charge < -0.3 is 9.47 Å². The van der Waals surface area contributed by atoms with Crippen molar-refractivity contribution in [3.05, 3.63) is 34.7 Å². The molecular formula is C14H12O5S. The zero-order valence-corrected chi connectivity index (χ0v) is 11.8. The van der Waals surface area contributed by atoms with E-state index in [0.29, 0.717) is 11.5 Å². The van der Waals surface area contributed by atoms with Gasteiger partial charge in [0.15, 0.2) is 0 Å². The zero-order valence-electron chi connectivity index (χ0n) is 11.0. The van der Waals surface area contributed by atoms with Gasteiger partial charge in [-0.15, -0.1) is 11.3 Å². The minimum absolute atomic E-state index is 0.238. The molecule has 1 aromatic carbocycles. The quantitative estimate of drug-likeness (QED) is 0.492. The van der Waals surface area contributed by atoms with Crippen molar-refractivity contribution in [1.82, 2.24) is 0 Å². The molecule has 0 saturated carbocycles. The Bertz CT molecular complexity index is 686. The van der Waals surface area contributed by atoms with Crippen molar-refractivity contribution in [2.24, 2.45) is 0 Å². The van der Waals surface area contributed by atoms with E-state index in [4.69, 9.17) is 4.74 Å². The molecule has 0 aliphatic carbocycles. The second-order valence-corrected chi connectivity index (χ2v) is 4.99. The number of ketones is 1. The molecule has 0 N–H and O–H groups in total. The normalized spacial score (nSPS) is 10.3. The van der Waals surface area contributed by atoms with Crippen molar-refractivity contribution >= 4 is 39.1 Å². The van der Waals surface area contributed by atoms with Crippen LogP contribution in [0.2, 0.25) is 0 Å². The SMILES string of the molecule is CCOC(=O)c1cc2ccc(C(=O)C(=O)OC)cc2s1. The second-order valence-electron chi connectivity index (χ2n) is 3.90. The Morgan fingerprint density at radius 1 is 1.20 bits per heavy atom. The summed E-state index contributed by atoms with van der Waals surface area (Å²) in [4.78, 5) is 35.0. The minimum Gasteiger partial charge on any atom is -0.463 e. The molecule has 2 rings (SSSR count). The van der Waals surface area contributed by atoms with Gasteiger partial charge in [-0.3, -0.25) is 4.79 Å². The predicted molar refractivity (Wildman–Crippen MR) is 74.1 cm³/mol. The molecule has 104 valence electrons. The van der Waals surface area contributed by atoms with Crippen LogP contribution in [-0.4, -0.2) is 31.4 Å². The number of rotatable bonds is 4. The summed E-state index contributed by atoms with van der Waals surface area (Å²) in [6.07, 6.45) is 0. The van der Waals surface area contributed by atoms with Crippen LogP contribution < -0.4 is 0 Å². The number of esters is 2. The molecule has 0 spiro atoms. The summed E-state index contributed by atoms with van der Waals surface area (Å²) in [5.74, 6) is -2.01. The van der Waals surface area contributed by atoms with Gasteiger partial charge >= 0.3 is 11.9 Å². The Balaban J connectivity index is 2.37. The Morgan fingerprint density at radius 2 is 1.95 bits per heavy atom. The molecule has 0 fully saturated rings. The van der Waals surface area contributed by atoms with E-state index in [-0.39, 0.29) is 5.56 Å². The molecule has 0 aliphatic heterocycles. The molecule has 0 atom stereocenters. The van der Waals surface area contributed by atoms with E-state index in [1.807, 2.05) is 0 Å². The number of benzene rings is 1. The van der Waals surface area contributed by atoms with Gasteiger partial charge in [0.05, 0.1) is 13.7 Å². The second kappa shape index (κ2) is 5.83. The fourth-order valence-corrected chi connectivity index (χ4v) is 2.68. The number of hydrogen-bond donors (Lipinski definition) is 0. The van der Waals surface area contributed by atoms with Crippen molar-refractivity contribution in [2.45, 2.75) is 6.92 Å². The highest BCUT2D eigenvalue weighted by atomic mass is 32.1. The van der Waals surface area contributed by atoms with E-state index >= 15 is 0 Å². The van der Waals surface area contributed by atoms with Crippen LogP contribution in [-0.2, 0) is 14.3 Å². The summed E-state index contributed by atoms with van der Waals surface area (Å²) in [6.45, 7) is 2.04. The zero-order chi connectivity index (χ0) is 14.7. The van der Waals surface area contributed by atoms with Crippen molar-refractivity contribution in [3.8, 4) is 0 Å². The summed E-state index contributed by atoms with van der Waals surface area (Å²) in [6, 6.07) is 6.49. The van der Waals surface area contributed by atoms with E-state index in [2.05, 4.69) is 4.74 Å². The summed E-state index contributed by atoms with van der Waals surface area (Å²) in [7, 11) is 1.16. The number of carbonyl (C=O) groups is 3. The van der Waals surface area contributed by atoms with Gasteiger partial charge in [0.2, 0.25) is 0 Å². The molecule has 6 heteroatoms. The molecule has 20 heavy (non-hydrogen) atoms. The Hall–Kier alpha value is -2.21. The largest absolute Gasteiger partial charge is 0.463 e. The molecule has 1 aromatic heterocycles. The topological polar surface area (TPSA) is 69.7 Å². The molecule has 5 nitrogen and oxygen atoms in total. The summed E-state index contributed by atoms with van der Waals surface area (Å²) in [5.41, 5.74) is 0.238. The first-order valence-corrected chi connectivity index (χ1v) is 6.71. The molecule has 2 aromatic rings. The van der Waals surface area contributed by atoms with Crippen LogP contribution in [0.4, 0.5) is 0 Å². The maximum Gasteiger partial charge on any atom is 0.379 e. The molecule has 0 radical (unpaired) electrons. The van der Waals surface area contributed by atoms with E-state index in [9.17, 15) is 14.4 Å². The Labute approximate surface area is 119 Å². The van der Waals surface area contributed by atoms with Crippen molar-refractivity contribution < 1.29 is 23.9 Å². The van der Waals surface area contributed by atoms with Crippen LogP contribution in [0.15, 0.2) is 24.3 Å². The third-order valence-corrected chi connectivity index (χ3v) is 3.71. The number of Topliss-reactive ketones (excluding diaryl/α,β-unsaturated/α-hetero) is 1. The number of ether oxygens (including phenoxy) is 2. The predicted octanol–water partition coefficient (Wildman–Crippen LogP) is 2.43. The van der Waals surface area contributed by atoms with E-state index < -0.39 is 17.7 Å². The smallest absolute Gasteiger partial charge is 0.379 e. The van der Waals surface area contributed by atoms with E-state index in [1.54, 1.807) is 25.1 Å². The van der Waals surface area contributed by atoms with Gasteiger partial charge in [-0.25, -0.2) is 9.59 Å². The third kappa shape index (κ3) is 2.70. The first-order chi connectivity index (χ1) is 9.56. The fraction of sp³-hybridized carbons (Fsp3) is 0.214. The molecule has 0 aliphatic rings. The number of fused-ring (bicyclic) bond motifs is 1. The first kappa shape index (κ1) is 14.2. The average Bonchev–Trinajstić information content (AvgIpc) is 2.88.